The Hall–Kier alpha value is -2.12. The highest BCUT2D eigenvalue weighted by Crippen LogP contribution is 2.37. The lowest BCUT2D eigenvalue weighted by molar-refractivity contribution is 0.0520. The number of nitrogens with one attached hydrogen (secondary N) is 1. The highest BCUT2D eigenvalue weighted by Gasteiger charge is 2.37. The summed E-state index contributed by atoms with van der Waals surface area (Å²) in [6, 6.07) is 11.0. The standard InChI is InChI=1S/C23H29NO5S/c1-2-29-23(25)22-10-9-21(24-22)20(15-16-11-13-28-14-12-16)17-3-5-18(6-4-17)30(26,27)19-7-8-19/h3-6,9-10,16,19-20,24H,2,7-8,11-15H2,1H3. The van der Waals surface area contributed by atoms with E-state index >= 15 is 0 Å². The molecule has 0 amide bonds. The van der Waals surface area contributed by atoms with Crippen molar-refractivity contribution in [3.8, 4) is 0 Å². The number of aromatic nitrogens is 1. The van der Waals surface area contributed by atoms with E-state index in [1.807, 2.05) is 18.2 Å². The molecule has 1 unspecified atom stereocenters. The van der Waals surface area contributed by atoms with Gasteiger partial charge in [0.15, 0.2) is 9.84 Å². The van der Waals surface area contributed by atoms with Gasteiger partial charge in [-0.3, -0.25) is 0 Å². The molecule has 1 N–H and O–H groups in total. The smallest absolute Gasteiger partial charge is 0.354 e. The summed E-state index contributed by atoms with van der Waals surface area (Å²) >= 11 is 0. The van der Waals surface area contributed by atoms with Crippen LogP contribution in [0.3, 0.4) is 0 Å². The summed E-state index contributed by atoms with van der Waals surface area (Å²) in [6.07, 6.45) is 4.46. The summed E-state index contributed by atoms with van der Waals surface area (Å²) in [4.78, 5) is 15.7. The zero-order valence-electron chi connectivity index (χ0n) is 17.3. The van der Waals surface area contributed by atoms with Crippen LogP contribution in [0.25, 0.3) is 0 Å². The van der Waals surface area contributed by atoms with E-state index < -0.39 is 9.84 Å². The van der Waals surface area contributed by atoms with Crippen LogP contribution in [0.1, 0.15) is 66.7 Å². The number of hydrogen-bond acceptors (Lipinski definition) is 5. The first-order chi connectivity index (χ1) is 14.5. The minimum absolute atomic E-state index is 0.0500. The number of ether oxygens (including phenoxy) is 2. The maximum absolute atomic E-state index is 12.5. The van der Waals surface area contributed by atoms with Crippen LogP contribution in [0, 0.1) is 5.92 Å². The number of hydrogen-bond donors (Lipinski definition) is 1. The summed E-state index contributed by atoms with van der Waals surface area (Å²) in [5, 5.41) is -0.211. The predicted molar refractivity (Wildman–Crippen MR) is 113 cm³/mol. The van der Waals surface area contributed by atoms with Crippen molar-refractivity contribution >= 4 is 15.8 Å². The van der Waals surface area contributed by atoms with E-state index in [0.29, 0.717) is 23.1 Å². The molecule has 1 aromatic carbocycles. The Morgan fingerprint density at radius 2 is 1.80 bits per heavy atom. The van der Waals surface area contributed by atoms with Crippen LogP contribution in [-0.2, 0) is 19.3 Å². The Morgan fingerprint density at radius 3 is 2.43 bits per heavy atom. The summed E-state index contributed by atoms with van der Waals surface area (Å²) in [6.45, 7) is 3.66. The molecule has 0 spiro atoms. The summed E-state index contributed by atoms with van der Waals surface area (Å²) in [5.41, 5.74) is 2.44. The van der Waals surface area contributed by atoms with Crippen LogP contribution < -0.4 is 0 Å². The molecule has 0 radical (unpaired) electrons. The number of benzene rings is 1. The molecule has 1 aliphatic carbocycles. The number of carbonyl (C=O) groups excluding carboxylic acids is 1. The van der Waals surface area contributed by atoms with Gasteiger partial charge < -0.3 is 14.5 Å². The van der Waals surface area contributed by atoms with Gasteiger partial charge in [-0.2, -0.15) is 0 Å². The highest BCUT2D eigenvalue weighted by atomic mass is 32.2. The zero-order chi connectivity index (χ0) is 21.1. The van der Waals surface area contributed by atoms with Crippen molar-refractivity contribution in [3.63, 3.8) is 0 Å². The Morgan fingerprint density at radius 1 is 1.10 bits per heavy atom. The van der Waals surface area contributed by atoms with E-state index in [1.165, 1.54) is 0 Å². The second-order valence-corrected chi connectivity index (χ2v) is 10.4. The quantitative estimate of drug-likeness (QED) is 0.637. The zero-order valence-corrected chi connectivity index (χ0v) is 18.1. The molecule has 1 saturated carbocycles. The monoisotopic (exact) mass is 431 g/mol. The van der Waals surface area contributed by atoms with Crippen molar-refractivity contribution < 1.29 is 22.7 Å². The summed E-state index contributed by atoms with van der Waals surface area (Å²) in [5.74, 6) is 0.210. The molecule has 6 nitrogen and oxygen atoms in total. The highest BCUT2D eigenvalue weighted by molar-refractivity contribution is 7.92. The third-order valence-electron chi connectivity index (χ3n) is 6.06. The van der Waals surface area contributed by atoms with Gasteiger partial charge in [-0.15, -0.1) is 0 Å². The Labute approximate surface area is 177 Å². The van der Waals surface area contributed by atoms with Crippen molar-refractivity contribution in [2.75, 3.05) is 19.8 Å². The van der Waals surface area contributed by atoms with Gasteiger partial charge in [0, 0.05) is 24.8 Å². The van der Waals surface area contributed by atoms with E-state index in [4.69, 9.17) is 9.47 Å². The average Bonchev–Trinajstić information content (AvgIpc) is 3.51. The van der Waals surface area contributed by atoms with Gasteiger partial charge in [0.2, 0.25) is 0 Å². The van der Waals surface area contributed by atoms with E-state index in [0.717, 1.165) is 56.6 Å². The van der Waals surface area contributed by atoms with Crippen molar-refractivity contribution in [1.29, 1.82) is 0 Å². The molecule has 2 fully saturated rings. The lowest BCUT2D eigenvalue weighted by atomic mass is 9.83. The third kappa shape index (κ3) is 4.62. The lowest BCUT2D eigenvalue weighted by Gasteiger charge is -2.27. The van der Waals surface area contributed by atoms with E-state index in [-0.39, 0.29) is 17.1 Å². The molecule has 1 aromatic heterocycles. The molecule has 4 rings (SSSR count). The Balaban J connectivity index is 1.60. The second kappa shape index (κ2) is 8.94. The molecule has 0 bridgehead atoms. The van der Waals surface area contributed by atoms with Crippen molar-refractivity contribution in [2.45, 2.75) is 55.1 Å². The molecule has 2 heterocycles. The molecule has 162 valence electrons. The normalized spacial score (nSPS) is 18.8. The fourth-order valence-electron chi connectivity index (χ4n) is 4.16. The molecular weight excluding hydrogens is 402 g/mol. The average molecular weight is 432 g/mol. The number of esters is 1. The van der Waals surface area contributed by atoms with Gasteiger partial charge in [0.25, 0.3) is 0 Å². The van der Waals surface area contributed by atoms with E-state index in [1.54, 1.807) is 25.1 Å². The third-order valence-corrected chi connectivity index (χ3v) is 8.34. The van der Waals surface area contributed by atoms with E-state index in [2.05, 4.69) is 4.98 Å². The van der Waals surface area contributed by atoms with Crippen LogP contribution in [0.15, 0.2) is 41.3 Å². The molecule has 2 aromatic rings. The van der Waals surface area contributed by atoms with E-state index in [9.17, 15) is 13.2 Å². The minimum Gasteiger partial charge on any atom is -0.461 e. The number of aromatic amines is 1. The molecule has 1 atom stereocenters. The van der Waals surface area contributed by atoms with Gasteiger partial charge in [-0.1, -0.05) is 12.1 Å². The Kier molecular flexibility index (Phi) is 6.29. The molecular formula is C23H29NO5S. The second-order valence-electron chi connectivity index (χ2n) is 8.21. The first kappa shape index (κ1) is 21.1. The predicted octanol–water partition coefficient (Wildman–Crippen LogP) is 4.08. The van der Waals surface area contributed by atoms with Gasteiger partial charge in [0.1, 0.15) is 5.69 Å². The van der Waals surface area contributed by atoms with Gasteiger partial charge in [-0.05, 0) is 74.8 Å². The minimum atomic E-state index is -3.20. The number of sulfone groups is 1. The molecule has 1 saturated heterocycles. The Bertz CT molecular complexity index is 969. The topological polar surface area (TPSA) is 85.5 Å². The summed E-state index contributed by atoms with van der Waals surface area (Å²) in [7, 11) is -3.20. The molecule has 1 aliphatic heterocycles. The van der Waals surface area contributed by atoms with Gasteiger partial charge >= 0.3 is 5.97 Å². The van der Waals surface area contributed by atoms with Crippen LogP contribution >= 0.6 is 0 Å². The molecule has 30 heavy (non-hydrogen) atoms. The van der Waals surface area contributed by atoms with Crippen LogP contribution in [-0.4, -0.2) is 44.4 Å². The SMILES string of the molecule is CCOC(=O)c1ccc(C(CC2CCOCC2)c2ccc(S(=O)(=O)C3CC3)cc2)[nH]1. The van der Waals surface area contributed by atoms with Crippen molar-refractivity contribution in [2.24, 2.45) is 5.92 Å². The fourth-order valence-corrected chi connectivity index (χ4v) is 5.82. The largest absolute Gasteiger partial charge is 0.461 e. The van der Waals surface area contributed by atoms with Crippen LogP contribution in [0.5, 0.6) is 0 Å². The first-order valence-corrected chi connectivity index (χ1v) is 12.3. The lowest BCUT2D eigenvalue weighted by Crippen LogP contribution is -2.19. The van der Waals surface area contributed by atoms with Crippen LogP contribution in [0.2, 0.25) is 0 Å². The van der Waals surface area contributed by atoms with Crippen molar-refractivity contribution in [3.05, 3.63) is 53.3 Å². The number of carbonyl (C=O) groups is 1. The van der Waals surface area contributed by atoms with Gasteiger partial charge in [0.05, 0.1) is 16.8 Å². The maximum atomic E-state index is 12.5. The van der Waals surface area contributed by atoms with Gasteiger partial charge in [-0.25, -0.2) is 13.2 Å². The molecule has 2 aliphatic rings. The fraction of sp³-hybridized carbons (Fsp3) is 0.522. The maximum Gasteiger partial charge on any atom is 0.354 e. The van der Waals surface area contributed by atoms with Crippen molar-refractivity contribution in [1.82, 2.24) is 4.98 Å². The first-order valence-electron chi connectivity index (χ1n) is 10.8. The molecule has 7 heteroatoms. The van der Waals surface area contributed by atoms with Crippen LogP contribution in [0.4, 0.5) is 0 Å². The summed E-state index contributed by atoms with van der Waals surface area (Å²) < 4.78 is 35.7. The number of rotatable bonds is 8. The number of H-pyrrole nitrogens is 1.